The highest BCUT2D eigenvalue weighted by Gasteiger charge is 2.35. The fraction of sp³-hybridized carbons (Fsp3) is 0.294. The molecule has 0 spiro atoms. The molecule has 2 heterocycles. The van der Waals surface area contributed by atoms with E-state index in [-0.39, 0.29) is 24.6 Å². The van der Waals surface area contributed by atoms with Crippen LogP contribution in [0.15, 0.2) is 42.5 Å². The first-order valence-electron chi connectivity index (χ1n) is 7.44. The predicted molar refractivity (Wildman–Crippen MR) is 81.4 cm³/mol. The summed E-state index contributed by atoms with van der Waals surface area (Å²) >= 11 is 0. The molecule has 0 saturated carbocycles. The molecule has 0 radical (unpaired) electrons. The third-order valence-electron chi connectivity index (χ3n) is 3.98. The van der Waals surface area contributed by atoms with Gasteiger partial charge < -0.3 is 10.0 Å². The highest BCUT2D eigenvalue weighted by molar-refractivity contribution is 5.97. The molecule has 1 aromatic carbocycles. The van der Waals surface area contributed by atoms with Crippen LogP contribution in [-0.2, 0) is 23.8 Å². The van der Waals surface area contributed by atoms with Crippen LogP contribution in [0, 0.1) is 0 Å². The average molecular weight is 336 g/mol. The Morgan fingerprint density at radius 2 is 1.96 bits per heavy atom. The minimum Gasteiger partial charge on any atom is -0.394 e. The number of hydrogen-bond donors (Lipinski definition) is 1. The molecule has 3 rings (SSSR count). The summed E-state index contributed by atoms with van der Waals surface area (Å²) in [4.78, 5) is 17.6. The number of nitrogens with zero attached hydrogens (tertiary/aromatic N) is 2. The molecule has 1 aromatic heterocycles. The number of aromatic nitrogens is 1. The summed E-state index contributed by atoms with van der Waals surface area (Å²) in [5, 5.41) is 9.52. The van der Waals surface area contributed by atoms with Crippen molar-refractivity contribution in [2.24, 2.45) is 0 Å². The molecular weight excluding hydrogens is 321 g/mol. The maximum atomic E-state index is 12.7. The van der Waals surface area contributed by atoms with Crippen LogP contribution in [0.2, 0.25) is 0 Å². The third-order valence-corrected chi connectivity index (χ3v) is 3.98. The van der Waals surface area contributed by atoms with Gasteiger partial charge in [-0.05, 0) is 30.2 Å². The Balaban J connectivity index is 1.85. The van der Waals surface area contributed by atoms with Crippen molar-refractivity contribution in [2.45, 2.75) is 25.1 Å². The van der Waals surface area contributed by atoms with Crippen LogP contribution < -0.4 is 4.90 Å². The Kier molecular flexibility index (Phi) is 4.28. The van der Waals surface area contributed by atoms with Gasteiger partial charge in [0.2, 0.25) is 5.91 Å². The summed E-state index contributed by atoms with van der Waals surface area (Å²) in [6.07, 6.45) is -4.28. The predicted octanol–water partition coefficient (Wildman–Crippen LogP) is 2.59. The third kappa shape index (κ3) is 3.12. The minimum absolute atomic E-state index is 0.0518. The van der Waals surface area contributed by atoms with Crippen molar-refractivity contribution in [1.29, 1.82) is 0 Å². The van der Waals surface area contributed by atoms with E-state index in [0.717, 1.165) is 11.6 Å². The maximum Gasteiger partial charge on any atom is 0.433 e. The number of fused-ring (bicyclic) bond motifs is 1. The smallest absolute Gasteiger partial charge is 0.394 e. The number of amides is 1. The number of hydrogen-bond acceptors (Lipinski definition) is 3. The highest BCUT2D eigenvalue weighted by atomic mass is 19.4. The zero-order valence-corrected chi connectivity index (χ0v) is 12.6. The number of carbonyl (C=O) groups is 1. The van der Waals surface area contributed by atoms with E-state index in [0.29, 0.717) is 12.1 Å². The molecule has 0 bridgehead atoms. The standard InChI is InChI=1S/C17H15F3N2O2/c18-17(19,20)15-7-3-5-12(21-15)9-16(24)22-13(10-23)8-11-4-1-2-6-14(11)22/h1-7,13,23H,8-10H2. The molecule has 24 heavy (non-hydrogen) atoms. The number of para-hydroxylation sites is 1. The number of aliphatic hydroxyl groups excluding tert-OH is 1. The first kappa shape index (κ1) is 16.4. The second-order valence-electron chi connectivity index (χ2n) is 5.62. The maximum absolute atomic E-state index is 12.7. The Morgan fingerprint density at radius 3 is 2.67 bits per heavy atom. The van der Waals surface area contributed by atoms with Crippen molar-refractivity contribution >= 4 is 11.6 Å². The quantitative estimate of drug-likeness (QED) is 0.937. The largest absolute Gasteiger partial charge is 0.433 e. The van der Waals surface area contributed by atoms with Crippen LogP contribution in [-0.4, -0.2) is 28.6 Å². The molecule has 0 aliphatic carbocycles. The molecule has 0 saturated heterocycles. The molecule has 7 heteroatoms. The van der Waals surface area contributed by atoms with Crippen LogP contribution in [0.4, 0.5) is 18.9 Å². The number of aliphatic hydroxyl groups is 1. The Hall–Kier alpha value is -2.41. The molecule has 1 amide bonds. The topological polar surface area (TPSA) is 53.4 Å². The van der Waals surface area contributed by atoms with Crippen molar-refractivity contribution in [3.63, 3.8) is 0 Å². The van der Waals surface area contributed by atoms with Gasteiger partial charge in [0.15, 0.2) is 0 Å². The van der Waals surface area contributed by atoms with Crippen LogP contribution in [0.5, 0.6) is 0 Å². The van der Waals surface area contributed by atoms with Crippen molar-refractivity contribution < 1.29 is 23.1 Å². The zero-order chi connectivity index (χ0) is 17.3. The summed E-state index contributed by atoms with van der Waals surface area (Å²) in [5.74, 6) is -0.383. The second-order valence-corrected chi connectivity index (χ2v) is 5.62. The monoisotopic (exact) mass is 336 g/mol. The van der Waals surface area contributed by atoms with E-state index in [4.69, 9.17) is 0 Å². The van der Waals surface area contributed by atoms with E-state index in [1.807, 2.05) is 12.1 Å². The van der Waals surface area contributed by atoms with Gasteiger partial charge in [0.1, 0.15) is 5.69 Å². The van der Waals surface area contributed by atoms with Gasteiger partial charge in [-0.3, -0.25) is 4.79 Å². The van der Waals surface area contributed by atoms with Gasteiger partial charge in [-0.2, -0.15) is 13.2 Å². The lowest BCUT2D eigenvalue weighted by Crippen LogP contribution is -2.41. The zero-order valence-electron chi connectivity index (χ0n) is 12.6. The fourth-order valence-electron chi connectivity index (χ4n) is 2.92. The summed E-state index contributed by atoms with van der Waals surface area (Å²) < 4.78 is 38.2. The van der Waals surface area contributed by atoms with Gasteiger partial charge in [0.05, 0.1) is 24.8 Å². The molecule has 2 aromatic rings. The number of benzene rings is 1. The van der Waals surface area contributed by atoms with Crippen molar-refractivity contribution in [3.05, 3.63) is 59.4 Å². The Bertz CT molecular complexity index is 761. The average Bonchev–Trinajstić information content (AvgIpc) is 2.93. The van der Waals surface area contributed by atoms with Crippen molar-refractivity contribution in [1.82, 2.24) is 4.98 Å². The van der Waals surface area contributed by atoms with E-state index < -0.39 is 17.9 Å². The normalized spacial score (nSPS) is 17.0. The molecule has 1 unspecified atom stereocenters. The lowest BCUT2D eigenvalue weighted by molar-refractivity contribution is -0.141. The molecule has 1 atom stereocenters. The molecule has 1 N–H and O–H groups in total. The summed E-state index contributed by atoms with van der Waals surface area (Å²) in [6, 6.07) is 10.4. The number of halogens is 3. The Labute approximate surface area is 136 Å². The Morgan fingerprint density at radius 1 is 1.21 bits per heavy atom. The minimum atomic E-state index is -4.55. The van der Waals surface area contributed by atoms with Gasteiger partial charge in [0, 0.05) is 5.69 Å². The van der Waals surface area contributed by atoms with Crippen LogP contribution in [0.3, 0.4) is 0 Å². The lowest BCUT2D eigenvalue weighted by atomic mass is 10.1. The van der Waals surface area contributed by atoms with E-state index in [1.54, 1.807) is 12.1 Å². The summed E-state index contributed by atoms with van der Waals surface area (Å²) in [7, 11) is 0. The number of carbonyl (C=O) groups excluding carboxylic acids is 1. The fourth-order valence-corrected chi connectivity index (χ4v) is 2.92. The summed E-state index contributed by atoms with van der Waals surface area (Å²) in [6.45, 7) is -0.212. The van der Waals surface area contributed by atoms with E-state index in [1.165, 1.54) is 17.0 Å². The molecule has 1 aliphatic heterocycles. The summed E-state index contributed by atoms with van der Waals surface area (Å²) in [5.41, 5.74) is 0.652. The van der Waals surface area contributed by atoms with E-state index in [9.17, 15) is 23.1 Å². The molecule has 126 valence electrons. The first-order chi connectivity index (χ1) is 11.4. The lowest BCUT2D eigenvalue weighted by Gasteiger charge is -2.24. The van der Waals surface area contributed by atoms with E-state index in [2.05, 4.69) is 4.98 Å². The van der Waals surface area contributed by atoms with Gasteiger partial charge in [-0.25, -0.2) is 4.98 Å². The SMILES string of the molecule is O=C(Cc1cccc(C(F)(F)F)n1)N1c2ccccc2CC1CO. The van der Waals surface area contributed by atoms with Crippen LogP contribution in [0.25, 0.3) is 0 Å². The van der Waals surface area contributed by atoms with Crippen molar-refractivity contribution in [3.8, 4) is 0 Å². The second kappa shape index (κ2) is 6.24. The van der Waals surface area contributed by atoms with E-state index >= 15 is 0 Å². The highest BCUT2D eigenvalue weighted by Crippen LogP contribution is 2.32. The number of rotatable bonds is 3. The molecule has 1 aliphatic rings. The number of anilines is 1. The number of pyridine rings is 1. The van der Waals surface area contributed by atoms with Crippen molar-refractivity contribution in [2.75, 3.05) is 11.5 Å². The molecular formula is C17H15F3N2O2. The first-order valence-corrected chi connectivity index (χ1v) is 7.44. The van der Waals surface area contributed by atoms with Gasteiger partial charge >= 0.3 is 6.18 Å². The number of alkyl halides is 3. The molecule has 0 fully saturated rings. The van der Waals surface area contributed by atoms with Crippen LogP contribution >= 0.6 is 0 Å². The van der Waals surface area contributed by atoms with Crippen LogP contribution in [0.1, 0.15) is 17.0 Å². The van der Waals surface area contributed by atoms with Gasteiger partial charge in [0.25, 0.3) is 0 Å². The van der Waals surface area contributed by atoms with Gasteiger partial charge in [-0.15, -0.1) is 0 Å². The van der Waals surface area contributed by atoms with Gasteiger partial charge in [-0.1, -0.05) is 24.3 Å². The molecule has 4 nitrogen and oxygen atoms in total.